The van der Waals surface area contributed by atoms with E-state index in [2.05, 4.69) is 46.8 Å². The third kappa shape index (κ3) is 3.20. The lowest BCUT2D eigenvalue weighted by molar-refractivity contribution is 0.195. The van der Waals surface area contributed by atoms with E-state index in [1.54, 1.807) is 0 Å². The normalized spacial score (nSPS) is 11.5. The highest BCUT2D eigenvalue weighted by molar-refractivity contribution is 5.95. The maximum absolute atomic E-state index is 6.27. The minimum absolute atomic E-state index is 0.202. The Morgan fingerprint density at radius 2 is 1.58 bits per heavy atom. The summed E-state index contributed by atoms with van der Waals surface area (Å²) in [6.07, 6.45) is 2.16. The Morgan fingerprint density at radius 3 is 2.15 bits per heavy atom. The van der Waals surface area contributed by atoms with Crippen LogP contribution in [-0.2, 0) is 7.05 Å². The van der Waals surface area contributed by atoms with Crippen molar-refractivity contribution in [3.8, 4) is 17.0 Å². The highest BCUT2D eigenvalue weighted by atomic mass is 16.5. The van der Waals surface area contributed by atoms with Crippen LogP contribution in [0.5, 0.6) is 5.75 Å². The molecule has 138 valence electrons. The van der Waals surface area contributed by atoms with Gasteiger partial charge in [0.2, 0.25) is 0 Å². The highest BCUT2D eigenvalue weighted by Gasteiger charge is 2.21. The number of hydrogen-bond acceptors (Lipinski definition) is 3. The Labute approximate surface area is 156 Å². The van der Waals surface area contributed by atoms with Crippen LogP contribution in [0.4, 0.5) is 0 Å². The molecule has 0 N–H and O–H groups in total. The molecular formula is C22H29N3O. The quantitative estimate of drug-likeness (QED) is 0.615. The van der Waals surface area contributed by atoms with E-state index < -0.39 is 0 Å². The smallest absolute Gasteiger partial charge is 0.153 e. The number of aryl methyl sites for hydroxylation is 5. The maximum Gasteiger partial charge on any atom is 0.153 e. The van der Waals surface area contributed by atoms with Gasteiger partial charge in [0.05, 0.1) is 11.8 Å². The third-order valence-corrected chi connectivity index (χ3v) is 5.00. The van der Waals surface area contributed by atoms with Crippen LogP contribution in [0.15, 0.2) is 18.2 Å². The number of fused-ring (bicyclic) bond motifs is 1. The lowest BCUT2D eigenvalue weighted by Gasteiger charge is -2.16. The van der Waals surface area contributed by atoms with Gasteiger partial charge in [-0.2, -0.15) is 5.10 Å². The maximum atomic E-state index is 6.27. The predicted molar refractivity (Wildman–Crippen MR) is 108 cm³/mol. The summed E-state index contributed by atoms with van der Waals surface area (Å²) in [5.41, 5.74) is 8.77. The molecule has 0 aliphatic carbocycles. The fourth-order valence-electron chi connectivity index (χ4n) is 3.81. The summed E-state index contributed by atoms with van der Waals surface area (Å²) < 4.78 is 8.22. The van der Waals surface area contributed by atoms with Crippen molar-refractivity contribution in [1.82, 2.24) is 14.8 Å². The van der Waals surface area contributed by atoms with Crippen LogP contribution in [-0.4, -0.2) is 20.9 Å². The van der Waals surface area contributed by atoms with Crippen LogP contribution in [0.2, 0.25) is 0 Å². The van der Waals surface area contributed by atoms with E-state index in [0.29, 0.717) is 0 Å². The Hall–Kier alpha value is -2.36. The largest absolute Gasteiger partial charge is 0.488 e. The van der Waals surface area contributed by atoms with Crippen molar-refractivity contribution in [1.29, 1.82) is 0 Å². The van der Waals surface area contributed by atoms with Gasteiger partial charge in [-0.25, -0.2) is 4.98 Å². The topological polar surface area (TPSA) is 39.9 Å². The second-order valence-electron chi connectivity index (χ2n) is 7.26. The molecule has 4 nitrogen and oxygen atoms in total. The molecule has 0 amide bonds. The van der Waals surface area contributed by atoms with Gasteiger partial charge in [0, 0.05) is 24.4 Å². The van der Waals surface area contributed by atoms with Gasteiger partial charge in [-0.3, -0.25) is 4.68 Å². The molecule has 0 atom stereocenters. The molecule has 4 heteroatoms. The molecule has 2 aromatic heterocycles. The predicted octanol–water partition coefficient (Wildman–Crippen LogP) is 5.44. The lowest BCUT2D eigenvalue weighted by atomic mass is 9.96. The monoisotopic (exact) mass is 351 g/mol. The Bertz CT molecular complexity index is 929. The molecule has 0 spiro atoms. The van der Waals surface area contributed by atoms with Crippen molar-refractivity contribution in [3.05, 3.63) is 40.6 Å². The van der Waals surface area contributed by atoms with Gasteiger partial charge in [0.15, 0.2) is 11.3 Å². The Kier molecular flexibility index (Phi) is 5.03. The van der Waals surface area contributed by atoms with Crippen molar-refractivity contribution in [2.45, 2.75) is 60.5 Å². The molecular weight excluding hydrogens is 322 g/mol. The zero-order chi connectivity index (χ0) is 19.0. The molecule has 0 bridgehead atoms. The van der Waals surface area contributed by atoms with Gasteiger partial charge < -0.3 is 4.74 Å². The van der Waals surface area contributed by atoms with E-state index >= 15 is 0 Å². The van der Waals surface area contributed by atoms with Crippen LogP contribution >= 0.6 is 0 Å². The van der Waals surface area contributed by atoms with Crippen LogP contribution < -0.4 is 4.74 Å². The van der Waals surface area contributed by atoms with Crippen molar-refractivity contribution < 1.29 is 4.74 Å². The number of nitrogens with zero attached hydrogens (tertiary/aromatic N) is 3. The molecule has 0 fully saturated rings. The number of pyridine rings is 1. The SMILES string of the molecule is CCC(CC)Oc1cc(C)nc2c(-c3c(C)cc(C)cc3C)n(C)nc12. The molecule has 0 aliphatic rings. The first-order valence-electron chi connectivity index (χ1n) is 9.44. The van der Waals surface area contributed by atoms with Crippen LogP contribution in [0.1, 0.15) is 49.1 Å². The van der Waals surface area contributed by atoms with Crippen LogP contribution in [0, 0.1) is 27.7 Å². The van der Waals surface area contributed by atoms with E-state index in [4.69, 9.17) is 14.8 Å². The number of aromatic nitrogens is 3. The van der Waals surface area contributed by atoms with Crippen molar-refractivity contribution >= 4 is 11.0 Å². The minimum atomic E-state index is 0.202. The summed E-state index contributed by atoms with van der Waals surface area (Å²) in [6.45, 7) is 12.8. The van der Waals surface area contributed by atoms with E-state index in [1.807, 2.05) is 24.7 Å². The van der Waals surface area contributed by atoms with Gasteiger partial charge in [0.25, 0.3) is 0 Å². The molecule has 0 unspecified atom stereocenters. The molecule has 0 aliphatic heterocycles. The third-order valence-electron chi connectivity index (χ3n) is 5.00. The number of hydrogen-bond donors (Lipinski definition) is 0. The Balaban J connectivity index is 2.26. The average Bonchev–Trinajstić information content (AvgIpc) is 2.88. The summed E-state index contributed by atoms with van der Waals surface area (Å²) in [5.74, 6) is 0.838. The molecule has 0 saturated heterocycles. The number of benzene rings is 1. The zero-order valence-corrected chi connectivity index (χ0v) is 17.0. The molecule has 26 heavy (non-hydrogen) atoms. The molecule has 0 saturated carbocycles. The zero-order valence-electron chi connectivity index (χ0n) is 17.0. The fraction of sp³-hybridized carbons (Fsp3) is 0.455. The van der Waals surface area contributed by atoms with Crippen molar-refractivity contribution in [3.63, 3.8) is 0 Å². The summed E-state index contributed by atoms with van der Waals surface area (Å²) in [4.78, 5) is 4.83. The lowest BCUT2D eigenvalue weighted by Crippen LogP contribution is -2.14. The second-order valence-corrected chi connectivity index (χ2v) is 7.26. The van der Waals surface area contributed by atoms with Crippen molar-refractivity contribution in [2.75, 3.05) is 0 Å². The molecule has 2 heterocycles. The number of rotatable bonds is 5. The van der Waals surface area contributed by atoms with Gasteiger partial charge >= 0.3 is 0 Å². The van der Waals surface area contributed by atoms with Crippen molar-refractivity contribution in [2.24, 2.45) is 7.05 Å². The standard InChI is InChI=1S/C22H29N3O/c1-8-17(9-2)26-18-12-16(6)23-21-20(18)24-25(7)22(21)19-14(4)10-13(3)11-15(19)5/h10-12,17H,8-9H2,1-7H3. The Morgan fingerprint density at radius 1 is 0.962 bits per heavy atom. The minimum Gasteiger partial charge on any atom is -0.488 e. The molecule has 0 radical (unpaired) electrons. The summed E-state index contributed by atoms with van der Waals surface area (Å²) in [5, 5.41) is 4.79. The van der Waals surface area contributed by atoms with E-state index in [-0.39, 0.29) is 6.10 Å². The molecule has 3 aromatic rings. The van der Waals surface area contributed by atoms with Crippen LogP contribution in [0.25, 0.3) is 22.3 Å². The first kappa shape index (κ1) is 18.4. The first-order valence-corrected chi connectivity index (χ1v) is 9.44. The van der Waals surface area contributed by atoms with E-state index in [9.17, 15) is 0 Å². The number of ether oxygens (including phenoxy) is 1. The summed E-state index contributed by atoms with van der Waals surface area (Å²) in [6, 6.07) is 6.45. The van der Waals surface area contributed by atoms with E-state index in [1.165, 1.54) is 22.3 Å². The highest BCUT2D eigenvalue weighted by Crippen LogP contribution is 2.36. The average molecular weight is 351 g/mol. The van der Waals surface area contributed by atoms with Gasteiger partial charge in [-0.15, -0.1) is 0 Å². The fourth-order valence-corrected chi connectivity index (χ4v) is 3.81. The second kappa shape index (κ2) is 7.10. The molecule has 3 rings (SSSR count). The van der Waals surface area contributed by atoms with Gasteiger partial charge in [0.1, 0.15) is 5.52 Å². The molecule has 1 aromatic carbocycles. The van der Waals surface area contributed by atoms with Gasteiger partial charge in [-0.05, 0) is 51.7 Å². The van der Waals surface area contributed by atoms with Gasteiger partial charge in [-0.1, -0.05) is 31.5 Å². The van der Waals surface area contributed by atoms with E-state index in [0.717, 1.165) is 41.0 Å². The summed E-state index contributed by atoms with van der Waals surface area (Å²) in [7, 11) is 1.99. The van der Waals surface area contributed by atoms with Crippen LogP contribution in [0.3, 0.4) is 0 Å². The summed E-state index contributed by atoms with van der Waals surface area (Å²) >= 11 is 0. The first-order chi connectivity index (χ1) is 12.3.